The molecule has 1 aliphatic carbocycles. The first-order valence-electron chi connectivity index (χ1n) is 7.37. The van der Waals surface area contributed by atoms with Crippen LogP contribution in [0.15, 0.2) is 24.8 Å². The predicted molar refractivity (Wildman–Crippen MR) is 85.9 cm³/mol. The molecule has 0 N–H and O–H groups in total. The zero-order chi connectivity index (χ0) is 14.7. The maximum absolute atomic E-state index is 10.2. The first-order chi connectivity index (χ1) is 8.89. The van der Waals surface area contributed by atoms with Crippen LogP contribution in [0, 0.1) is 0 Å². The quantitative estimate of drug-likeness (QED) is 0.491. The number of hydrogen-bond acceptors (Lipinski definition) is 2. The lowest BCUT2D eigenvalue weighted by Crippen LogP contribution is -2.31. The van der Waals surface area contributed by atoms with Crippen LogP contribution in [0.4, 0.5) is 0 Å². The lowest BCUT2D eigenvalue weighted by Gasteiger charge is -2.25. The lowest BCUT2D eigenvalue weighted by atomic mass is 10.1. The van der Waals surface area contributed by atoms with Crippen molar-refractivity contribution in [3.8, 4) is 0 Å². The minimum atomic E-state index is -1.36. The standard InChI is InChI=1S/C11H24OSi.C5H6O/c1-6-8-10-11(9-7-2)12-13(3,4)5;6-5-3-1-2-4-5/h7,11H,2,6,8-10H2,1,3-5H3;1,3H,2,4H2. The van der Waals surface area contributed by atoms with E-state index >= 15 is 0 Å². The van der Waals surface area contributed by atoms with Crippen molar-refractivity contribution in [2.24, 2.45) is 0 Å². The molecule has 0 aliphatic heterocycles. The molecule has 1 aliphatic rings. The van der Waals surface area contributed by atoms with Gasteiger partial charge in [-0.3, -0.25) is 4.79 Å². The molecule has 1 atom stereocenters. The highest BCUT2D eigenvalue weighted by Gasteiger charge is 2.19. The summed E-state index contributed by atoms with van der Waals surface area (Å²) in [6, 6.07) is 0. The fourth-order valence-corrected chi connectivity index (χ4v) is 3.08. The number of rotatable bonds is 7. The van der Waals surface area contributed by atoms with Crippen LogP contribution in [0.25, 0.3) is 0 Å². The summed E-state index contributed by atoms with van der Waals surface area (Å²) < 4.78 is 6.05. The Labute approximate surface area is 120 Å². The minimum Gasteiger partial charge on any atom is -0.414 e. The van der Waals surface area contributed by atoms with Crippen molar-refractivity contribution in [1.29, 1.82) is 0 Å². The summed E-state index contributed by atoms with van der Waals surface area (Å²) in [5, 5.41) is 0. The molecule has 0 spiro atoms. The fourth-order valence-electron chi connectivity index (χ4n) is 1.87. The summed E-state index contributed by atoms with van der Waals surface area (Å²) in [6.45, 7) is 12.7. The molecule has 0 amide bonds. The molecular weight excluding hydrogens is 252 g/mol. The fraction of sp³-hybridized carbons (Fsp3) is 0.688. The van der Waals surface area contributed by atoms with Crippen molar-refractivity contribution in [1.82, 2.24) is 0 Å². The third-order valence-electron chi connectivity index (χ3n) is 2.69. The van der Waals surface area contributed by atoms with Gasteiger partial charge in [0.15, 0.2) is 14.1 Å². The third-order valence-corrected chi connectivity index (χ3v) is 3.73. The number of ketones is 1. The summed E-state index contributed by atoms with van der Waals surface area (Å²) >= 11 is 0. The number of carbonyl (C=O) groups excluding carboxylic acids is 1. The molecule has 0 saturated carbocycles. The van der Waals surface area contributed by atoms with Crippen LogP contribution in [-0.2, 0) is 9.22 Å². The maximum atomic E-state index is 10.2. The molecule has 0 aromatic rings. The van der Waals surface area contributed by atoms with Gasteiger partial charge in [-0.2, -0.15) is 0 Å². The molecule has 0 heterocycles. The van der Waals surface area contributed by atoms with E-state index in [-0.39, 0.29) is 5.78 Å². The zero-order valence-corrected chi connectivity index (χ0v) is 14.1. The smallest absolute Gasteiger partial charge is 0.184 e. The first-order valence-corrected chi connectivity index (χ1v) is 10.8. The minimum absolute atomic E-state index is 0.273. The van der Waals surface area contributed by atoms with E-state index in [9.17, 15) is 4.79 Å². The highest BCUT2D eigenvalue weighted by Crippen LogP contribution is 2.15. The van der Waals surface area contributed by atoms with Crippen LogP contribution < -0.4 is 0 Å². The lowest BCUT2D eigenvalue weighted by molar-refractivity contribution is -0.114. The molecule has 1 unspecified atom stereocenters. The van der Waals surface area contributed by atoms with Gasteiger partial charge in [0, 0.05) is 12.5 Å². The highest BCUT2D eigenvalue weighted by atomic mass is 28.4. The van der Waals surface area contributed by atoms with Crippen molar-refractivity contribution >= 4 is 14.1 Å². The Hall–Kier alpha value is -0.673. The zero-order valence-electron chi connectivity index (χ0n) is 13.1. The van der Waals surface area contributed by atoms with Crippen LogP contribution in [0.2, 0.25) is 19.6 Å². The van der Waals surface area contributed by atoms with E-state index in [1.165, 1.54) is 19.3 Å². The Bertz CT molecular complexity index is 290. The van der Waals surface area contributed by atoms with Crippen LogP contribution in [-0.4, -0.2) is 20.2 Å². The third kappa shape index (κ3) is 12.1. The number of unbranched alkanes of at least 4 members (excludes halogenated alkanes) is 1. The van der Waals surface area contributed by atoms with Gasteiger partial charge >= 0.3 is 0 Å². The van der Waals surface area contributed by atoms with Gasteiger partial charge in [0.05, 0.1) is 0 Å². The highest BCUT2D eigenvalue weighted by molar-refractivity contribution is 6.69. The van der Waals surface area contributed by atoms with Crippen LogP contribution in [0.1, 0.15) is 45.4 Å². The summed E-state index contributed by atoms with van der Waals surface area (Å²) in [6.07, 6.45) is 12.3. The second-order valence-electron chi connectivity index (χ2n) is 5.93. The van der Waals surface area contributed by atoms with E-state index in [1.807, 2.05) is 12.2 Å². The molecule has 1 rings (SSSR count). The van der Waals surface area contributed by atoms with Gasteiger partial charge in [0.25, 0.3) is 0 Å². The SMILES string of the molecule is C=CCC(CCCC)O[Si](C)(C)C.O=C1C=CCC1. The monoisotopic (exact) mass is 282 g/mol. The Kier molecular flexibility index (Phi) is 9.80. The van der Waals surface area contributed by atoms with Crippen molar-refractivity contribution in [3.05, 3.63) is 24.8 Å². The number of hydrogen-bond donors (Lipinski definition) is 0. The van der Waals surface area contributed by atoms with Gasteiger partial charge in [0.2, 0.25) is 0 Å². The second kappa shape index (κ2) is 10.2. The summed E-state index contributed by atoms with van der Waals surface area (Å²) in [5.74, 6) is 0.273. The Morgan fingerprint density at radius 3 is 2.47 bits per heavy atom. The molecule has 0 fully saturated rings. The topological polar surface area (TPSA) is 26.3 Å². The van der Waals surface area contributed by atoms with Gasteiger partial charge in [-0.25, -0.2) is 0 Å². The van der Waals surface area contributed by atoms with Crippen molar-refractivity contribution in [2.75, 3.05) is 0 Å². The molecule has 19 heavy (non-hydrogen) atoms. The Morgan fingerprint density at radius 2 is 2.16 bits per heavy atom. The van der Waals surface area contributed by atoms with Crippen LogP contribution in [0.5, 0.6) is 0 Å². The Morgan fingerprint density at radius 1 is 1.47 bits per heavy atom. The molecule has 3 heteroatoms. The molecule has 2 nitrogen and oxygen atoms in total. The van der Waals surface area contributed by atoms with Crippen LogP contribution >= 0.6 is 0 Å². The molecule has 0 radical (unpaired) electrons. The van der Waals surface area contributed by atoms with Gasteiger partial charge in [0.1, 0.15) is 0 Å². The average Bonchev–Trinajstić information content (AvgIpc) is 2.76. The molecule has 110 valence electrons. The molecule has 0 saturated heterocycles. The molecule has 0 aromatic heterocycles. The van der Waals surface area contributed by atoms with Gasteiger partial charge in [-0.05, 0) is 45.0 Å². The Balaban J connectivity index is 0.000000443. The van der Waals surface area contributed by atoms with E-state index in [2.05, 4.69) is 33.1 Å². The number of allylic oxidation sites excluding steroid dienone is 2. The molecule has 0 aromatic carbocycles. The summed E-state index contributed by atoms with van der Waals surface area (Å²) in [4.78, 5) is 10.2. The van der Waals surface area contributed by atoms with Gasteiger partial charge in [-0.15, -0.1) is 6.58 Å². The van der Waals surface area contributed by atoms with Gasteiger partial charge in [-0.1, -0.05) is 31.9 Å². The van der Waals surface area contributed by atoms with E-state index in [4.69, 9.17) is 4.43 Å². The predicted octanol–water partition coefficient (Wildman–Crippen LogP) is 4.88. The van der Waals surface area contributed by atoms with E-state index < -0.39 is 8.32 Å². The summed E-state index contributed by atoms with van der Waals surface area (Å²) in [7, 11) is -1.36. The number of carbonyl (C=O) groups is 1. The summed E-state index contributed by atoms with van der Waals surface area (Å²) in [5.41, 5.74) is 0. The average molecular weight is 283 g/mol. The maximum Gasteiger partial charge on any atom is 0.184 e. The van der Waals surface area contributed by atoms with Crippen LogP contribution in [0.3, 0.4) is 0 Å². The molecule has 0 bridgehead atoms. The van der Waals surface area contributed by atoms with E-state index in [0.29, 0.717) is 6.10 Å². The van der Waals surface area contributed by atoms with Crippen molar-refractivity contribution in [3.63, 3.8) is 0 Å². The van der Waals surface area contributed by atoms with E-state index in [1.54, 1.807) is 6.08 Å². The normalized spacial score (nSPS) is 15.9. The van der Waals surface area contributed by atoms with E-state index in [0.717, 1.165) is 19.3 Å². The van der Waals surface area contributed by atoms with Crippen molar-refractivity contribution < 1.29 is 9.22 Å². The van der Waals surface area contributed by atoms with Gasteiger partial charge < -0.3 is 4.43 Å². The second-order valence-corrected chi connectivity index (χ2v) is 10.4. The van der Waals surface area contributed by atoms with Crippen molar-refractivity contribution in [2.45, 2.75) is 71.2 Å². The largest absolute Gasteiger partial charge is 0.414 e. The first kappa shape index (κ1) is 18.3. The molecular formula is C16H30O2Si.